The Hall–Kier alpha value is -0.820. The smallest absolute Gasteiger partial charge is 0.0717 e. The number of hydrogen-bond acceptors (Lipinski definition) is 1. The molecular formula is C10H12ClN. The Morgan fingerprint density at radius 3 is 2.67 bits per heavy atom. The standard InChI is InChI=1S/C10H12ClN/c1-9(12-8-7-11)10-5-3-2-4-6-10/h2-6,8-9H,7H2,1H3. The van der Waals surface area contributed by atoms with Crippen molar-refractivity contribution in [3.8, 4) is 0 Å². The first-order chi connectivity index (χ1) is 5.84. The van der Waals surface area contributed by atoms with Crippen LogP contribution in [0.15, 0.2) is 35.3 Å². The largest absolute Gasteiger partial charge is 0.288 e. The maximum Gasteiger partial charge on any atom is 0.0717 e. The summed E-state index contributed by atoms with van der Waals surface area (Å²) in [5, 5.41) is 0. The normalized spacial score (nSPS) is 13.5. The van der Waals surface area contributed by atoms with Crippen molar-refractivity contribution in [3.63, 3.8) is 0 Å². The van der Waals surface area contributed by atoms with E-state index in [1.807, 2.05) is 18.2 Å². The van der Waals surface area contributed by atoms with E-state index in [1.165, 1.54) is 5.56 Å². The third-order valence-electron chi connectivity index (χ3n) is 1.68. The number of benzene rings is 1. The number of alkyl halides is 1. The second-order valence-electron chi connectivity index (χ2n) is 2.57. The van der Waals surface area contributed by atoms with Gasteiger partial charge in [-0.2, -0.15) is 0 Å². The summed E-state index contributed by atoms with van der Waals surface area (Å²) in [5.41, 5.74) is 1.22. The maximum atomic E-state index is 5.48. The fourth-order valence-corrected chi connectivity index (χ4v) is 1.10. The van der Waals surface area contributed by atoms with Crippen molar-refractivity contribution in [1.82, 2.24) is 0 Å². The molecule has 0 spiro atoms. The fourth-order valence-electron chi connectivity index (χ4n) is 1.02. The van der Waals surface area contributed by atoms with Crippen LogP contribution in [-0.4, -0.2) is 12.1 Å². The van der Waals surface area contributed by atoms with Gasteiger partial charge in [-0.1, -0.05) is 30.3 Å². The topological polar surface area (TPSA) is 12.4 Å². The van der Waals surface area contributed by atoms with Crippen molar-refractivity contribution in [3.05, 3.63) is 35.9 Å². The first kappa shape index (κ1) is 9.27. The fraction of sp³-hybridized carbons (Fsp3) is 0.300. The van der Waals surface area contributed by atoms with Crippen molar-refractivity contribution in [2.24, 2.45) is 4.99 Å². The minimum atomic E-state index is 0.213. The summed E-state index contributed by atoms with van der Waals surface area (Å²) in [6.07, 6.45) is 1.74. The number of halogens is 1. The molecule has 0 saturated carbocycles. The van der Waals surface area contributed by atoms with E-state index in [2.05, 4.69) is 24.0 Å². The van der Waals surface area contributed by atoms with E-state index in [-0.39, 0.29) is 6.04 Å². The van der Waals surface area contributed by atoms with Crippen LogP contribution in [0.4, 0.5) is 0 Å². The van der Waals surface area contributed by atoms with Gasteiger partial charge in [0.25, 0.3) is 0 Å². The molecule has 0 saturated heterocycles. The van der Waals surface area contributed by atoms with Crippen LogP contribution in [0, 0.1) is 0 Å². The molecule has 1 aromatic carbocycles. The summed E-state index contributed by atoms with van der Waals surface area (Å²) in [6, 6.07) is 10.4. The maximum absolute atomic E-state index is 5.48. The van der Waals surface area contributed by atoms with Crippen LogP contribution >= 0.6 is 11.6 Å². The molecule has 1 unspecified atom stereocenters. The molecule has 0 aliphatic carbocycles. The predicted octanol–water partition coefficient (Wildman–Crippen LogP) is 3.06. The lowest BCUT2D eigenvalue weighted by molar-refractivity contribution is 0.824. The molecule has 64 valence electrons. The number of aliphatic imine (C=N–C) groups is 1. The van der Waals surface area contributed by atoms with Gasteiger partial charge in [-0.15, -0.1) is 11.6 Å². The lowest BCUT2D eigenvalue weighted by atomic mass is 10.1. The van der Waals surface area contributed by atoms with Gasteiger partial charge in [-0.05, 0) is 12.5 Å². The van der Waals surface area contributed by atoms with Crippen LogP contribution in [0.25, 0.3) is 0 Å². The third-order valence-corrected chi connectivity index (χ3v) is 1.82. The van der Waals surface area contributed by atoms with Crippen molar-refractivity contribution in [2.75, 3.05) is 5.88 Å². The van der Waals surface area contributed by atoms with Crippen molar-refractivity contribution >= 4 is 17.8 Å². The Bertz CT molecular complexity index is 243. The van der Waals surface area contributed by atoms with Crippen molar-refractivity contribution in [1.29, 1.82) is 0 Å². The first-order valence-corrected chi connectivity index (χ1v) is 4.50. The second kappa shape index (κ2) is 4.94. The highest BCUT2D eigenvalue weighted by molar-refractivity contribution is 6.24. The van der Waals surface area contributed by atoms with E-state index >= 15 is 0 Å². The molecule has 1 rings (SSSR count). The van der Waals surface area contributed by atoms with Crippen molar-refractivity contribution < 1.29 is 0 Å². The Kier molecular flexibility index (Phi) is 3.81. The van der Waals surface area contributed by atoms with E-state index in [9.17, 15) is 0 Å². The van der Waals surface area contributed by atoms with E-state index < -0.39 is 0 Å². The second-order valence-corrected chi connectivity index (χ2v) is 2.88. The van der Waals surface area contributed by atoms with Crippen LogP contribution in [0.5, 0.6) is 0 Å². The number of rotatable bonds is 3. The Balaban J connectivity index is 2.65. The predicted molar refractivity (Wildman–Crippen MR) is 54.1 cm³/mol. The van der Waals surface area contributed by atoms with Gasteiger partial charge in [0, 0.05) is 6.21 Å². The number of nitrogens with zero attached hydrogens (tertiary/aromatic N) is 1. The molecule has 0 N–H and O–H groups in total. The van der Waals surface area contributed by atoms with Gasteiger partial charge in [0.05, 0.1) is 11.9 Å². The summed E-state index contributed by atoms with van der Waals surface area (Å²) >= 11 is 5.48. The molecule has 1 atom stereocenters. The highest BCUT2D eigenvalue weighted by atomic mass is 35.5. The molecule has 2 heteroatoms. The molecule has 0 bridgehead atoms. The molecule has 1 aromatic rings. The lowest BCUT2D eigenvalue weighted by Gasteiger charge is -2.04. The van der Waals surface area contributed by atoms with Crippen LogP contribution in [0.3, 0.4) is 0 Å². The zero-order valence-electron chi connectivity index (χ0n) is 7.07. The SMILES string of the molecule is CC(N=CCCl)c1ccccc1. The monoisotopic (exact) mass is 181 g/mol. The van der Waals surface area contributed by atoms with Crippen molar-refractivity contribution in [2.45, 2.75) is 13.0 Å². The van der Waals surface area contributed by atoms with E-state index in [0.717, 1.165) is 0 Å². The summed E-state index contributed by atoms with van der Waals surface area (Å²) in [6.45, 7) is 2.05. The van der Waals surface area contributed by atoms with Gasteiger partial charge in [-0.25, -0.2) is 0 Å². The highest BCUT2D eigenvalue weighted by Gasteiger charge is 1.98. The molecule has 0 fully saturated rings. The highest BCUT2D eigenvalue weighted by Crippen LogP contribution is 2.14. The van der Waals surface area contributed by atoms with Crippen LogP contribution in [0.1, 0.15) is 18.5 Å². The first-order valence-electron chi connectivity index (χ1n) is 3.97. The molecule has 0 aliphatic rings. The Morgan fingerprint density at radius 1 is 1.42 bits per heavy atom. The molecule has 1 nitrogen and oxygen atoms in total. The van der Waals surface area contributed by atoms with Gasteiger partial charge < -0.3 is 0 Å². The molecular weight excluding hydrogens is 170 g/mol. The summed E-state index contributed by atoms with van der Waals surface area (Å²) < 4.78 is 0. The minimum absolute atomic E-state index is 0.213. The number of hydrogen-bond donors (Lipinski definition) is 0. The molecule has 0 amide bonds. The minimum Gasteiger partial charge on any atom is -0.288 e. The molecule has 0 radical (unpaired) electrons. The zero-order chi connectivity index (χ0) is 8.81. The van der Waals surface area contributed by atoms with Crippen LogP contribution in [0.2, 0.25) is 0 Å². The van der Waals surface area contributed by atoms with Gasteiger partial charge in [0.1, 0.15) is 0 Å². The zero-order valence-corrected chi connectivity index (χ0v) is 7.83. The quantitative estimate of drug-likeness (QED) is 0.502. The molecule has 12 heavy (non-hydrogen) atoms. The van der Waals surface area contributed by atoms with Crippen LogP contribution in [-0.2, 0) is 0 Å². The molecule has 0 aliphatic heterocycles. The van der Waals surface area contributed by atoms with E-state index in [1.54, 1.807) is 6.21 Å². The molecule has 0 heterocycles. The Labute approximate surface area is 78.1 Å². The van der Waals surface area contributed by atoms with Gasteiger partial charge in [0.2, 0.25) is 0 Å². The average Bonchev–Trinajstić information content (AvgIpc) is 2.15. The van der Waals surface area contributed by atoms with E-state index in [4.69, 9.17) is 11.6 Å². The summed E-state index contributed by atoms with van der Waals surface area (Å²) in [5.74, 6) is 0.483. The third kappa shape index (κ3) is 2.67. The lowest BCUT2D eigenvalue weighted by Crippen LogP contribution is -1.89. The van der Waals surface area contributed by atoms with Gasteiger partial charge in [0.15, 0.2) is 0 Å². The Morgan fingerprint density at radius 2 is 2.08 bits per heavy atom. The van der Waals surface area contributed by atoms with Gasteiger partial charge in [-0.3, -0.25) is 4.99 Å². The van der Waals surface area contributed by atoms with Crippen LogP contribution < -0.4 is 0 Å². The molecule has 0 aromatic heterocycles. The summed E-state index contributed by atoms with van der Waals surface area (Å²) in [7, 11) is 0. The van der Waals surface area contributed by atoms with Gasteiger partial charge >= 0.3 is 0 Å². The van der Waals surface area contributed by atoms with E-state index in [0.29, 0.717) is 5.88 Å². The average molecular weight is 182 g/mol. The summed E-state index contributed by atoms with van der Waals surface area (Å²) in [4.78, 5) is 4.26.